The number of carbonyl (C=O) groups excluding carboxylic acids is 1. The van der Waals surface area contributed by atoms with Crippen molar-refractivity contribution in [2.75, 3.05) is 17.2 Å². The maximum Gasteiger partial charge on any atom is 0.226 e. The normalized spacial score (nSPS) is 10.3. The third-order valence-corrected chi connectivity index (χ3v) is 3.73. The van der Waals surface area contributed by atoms with Crippen LogP contribution < -0.4 is 15.4 Å². The van der Waals surface area contributed by atoms with Gasteiger partial charge in [-0.05, 0) is 48.5 Å². The summed E-state index contributed by atoms with van der Waals surface area (Å²) in [5.41, 5.74) is 0.380. The Balaban J connectivity index is 1.48. The summed E-state index contributed by atoms with van der Waals surface area (Å²) in [5.74, 6) is -0.276. The maximum atomic E-state index is 13.5. The molecule has 0 atom stereocenters. The molecule has 0 aromatic heterocycles. The van der Waals surface area contributed by atoms with Crippen molar-refractivity contribution in [3.05, 3.63) is 84.4 Å². The van der Waals surface area contributed by atoms with E-state index < -0.39 is 11.6 Å². The smallest absolute Gasteiger partial charge is 0.226 e. The lowest BCUT2D eigenvalue weighted by atomic mass is 10.2. The summed E-state index contributed by atoms with van der Waals surface area (Å²) in [5, 5.41) is 5.33. The first kappa shape index (κ1) is 18.4. The van der Waals surface area contributed by atoms with Crippen LogP contribution in [0.25, 0.3) is 0 Å². The molecule has 3 aromatic carbocycles. The van der Waals surface area contributed by atoms with Crippen LogP contribution in [-0.2, 0) is 4.79 Å². The molecular formula is C21H18F2N2O2. The first-order chi connectivity index (χ1) is 13.1. The highest BCUT2D eigenvalue weighted by Crippen LogP contribution is 2.22. The average molecular weight is 368 g/mol. The lowest BCUT2D eigenvalue weighted by Crippen LogP contribution is -2.17. The molecular weight excluding hydrogens is 350 g/mol. The number of nitrogens with one attached hydrogen (secondary N) is 2. The number of anilines is 2. The molecule has 0 bridgehead atoms. The molecule has 0 unspecified atom stereocenters. The van der Waals surface area contributed by atoms with Gasteiger partial charge < -0.3 is 15.4 Å². The third kappa shape index (κ3) is 5.28. The van der Waals surface area contributed by atoms with Gasteiger partial charge in [-0.25, -0.2) is 8.78 Å². The molecule has 0 heterocycles. The zero-order valence-electron chi connectivity index (χ0n) is 14.4. The zero-order valence-corrected chi connectivity index (χ0v) is 14.4. The Bertz CT molecular complexity index is 880. The molecule has 0 fully saturated rings. The third-order valence-electron chi connectivity index (χ3n) is 3.73. The SMILES string of the molecule is O=C(CCNc1c(F)cccc1F)Nc1ccc(Oc2ccccc2)cc1. The van der Waals surface area contributed by atoms with Crippen molar-refractivity contribution in [2.24, 2.45) is 0 Å². The van der Waals surface area contributed by atoms with Gasteiger partial charge in [0.1, 0.15) is 28.8 Å². The Morgan fingerprint density at radius 3 is 2.11 bits per heavy atom. The van der Waals surface area contributed by atoms with Crippen molar-refractivity contribution >= 4 is 17.3 Å². The minimum atomic E-state index is -0.690. The summed E-state index contributed by atoms with van der Waals surface area (Å²) in [7, 11) is 0. The Hall–Kier alpha value is -3.41. The summed E-state index contributed by atoms with van der Waals surface area (Å²) in [6, 6.07) is 19.9. The van der Waals surface area contributed by atoms with Gasteiger partial charge in [0.15, 0.2) is 0 Å². The van der Waals surface area contributed by atoms with Crippen LogP contribution in [0.3, 0.4) is 0 Å². The van der Waals surface area contributed by atoms with Crippen LogP contribution in [0.2, 0.25) is 0 Å². The predicted octanol–water partition coefficient (Wildman–Crippen LogP) is 5.20. The first-order valence-corrected chi connectivity index (χ1v) is 8.42. The number of amides is 1. The standard InChI is InChI=1S/C21H18F2N2O2/c22-18-7-4-8-19(23)21(18)24-14-13-20(26)25-15-9-11-17(12-10-15)27-16-5-2-1-3-6-16/h1-12,24H,13-14H2,(H,25,26). The van der Waals surface area contributed by atoms with Crippen molar-refractivity contribution in [1.82, 2.24) is 0 Å². The fraction of sp³-hybridized carbons (Fsp3) is 0.0952. The number of para-hydroxylation sites is 2. The van der Waals surface area contributed by atoms with E-state index in [-0.39, 0.29) is 24.6 Å². The number of halogens is 2. The summed E-state index contributed by atoms with van der Waals surface area (Å²) in [6.07, 6.45) is 0.0655. The van der Waals surface area contributed by atoms with Gasteiger partial charge in [0, 0.05) is 18.7 Å². The van der Waals surface area contributed by atoms with Crippen LogP contribution in [0.1, 0.15) is 6.42 Å². The molecule has 4 nitrogen and oxygen atoms in total. The topological polar surface area (TPSA) is 50.4 Å². The van der Waals surface area contributed by atoms with Crippen LogP contribution >= 0.6 is 0 Å². The first-order valence-electron chi connectivity index (χ1n) is 8.42. The van der Waals surface area contributed by atoms with Crippen molar-refractivity contribution < 1.29 is 18.3 Å². The fourth-order valence-corrected chi connectivity index (χ4v) is 2.42. The molecule has 0 aliphatic rings. The quantitative estimate of drug-likeness (QED) is 0.603. The van der Waals surface area contributed by atoms with E-state index in [2.05, 4.69) is 10.6 Å². The molecule has 2 N–H and O–H groups in total. The predicted molar refractivity (Wildman–Crippen MR) is 101 cm³/mol. The minimum absolute atomic E-state index is 0.0655. The number of ether oxygens (including phenoxy) is 1. The highest BCUT2D eigenvalue weighted by atomic mass is 19.1. The number of hydrogen-bond acceptors (Lipinski definition) is 3. The van der Waals surface area contributed by atoms with Crippen molar-refractivity contribution in [3.63, 3.8) is 0 Å². The van der Waals surface area contributed by atoms with Gasteiger partial charge in [-0.15, -0.1) is 0 Å². The van der Waals surface area contributed by atoms with Crippen LogP contribution in [0.15, 0.2) is 72.8 Å². The fourth-order valence-electron chi connectivity index (χ4n) is 2.42. The molecule has 0 saturated carbocycles. The highest BCUT2D eigenvalue weighted by Gasteiger charge is 2.09. The van der Waals surface area contributed by atoms with E-state index in [9.17, 15) is 13.6 Å². The van der Waals surface area contributed by atoms with Gasteiger partial charge in [-0.3, -0.25) is 4.79 Å². The zero-order chi connectivity index (χ0) is 19.1. The highest BCUT2D eigenvalue weighted by molar-refractivity contribution is 5.91. The average Bonchev–Trinajstić information content (AvgIpc) is 2.67. The molecule has 0 spiro atoms. The van der Waals surface area contributed by atoms with Crippen LogP contribution in [0.5, 0.6) is 11.5 Å². The summed E-state index contributed by atoms with van der Waals surface area (Å²) in [4.78, 5) is 12.0. The molecule has 0 saturated heterocycles. The van der Waals surface area contributed by atoms with Crippen LogP contribution in [0, 0.1) is 11.6 Å². The summed E-state index contributed by atoms with van der Waals surface area (Å²) < 4.78 is 32.7. The Morgan fingerprint density at radius 1 is 0.815 bits per heavy atom. The molecule has 0 radical (unpaired) electrons. The minimum Gasteiger partial charge on any atom is -0.457 e. The van der Waals surface area contributed by atoms with E-state index in [4.69, 9.17) is 4.74 Å². The second kappa shape index (κ2) is 8.80. The Morgan fingerprint density at radius 2 is 1.44 bits per heavy atom. The van der Waals surface area contributed by atoms with Crippen LogP contribution in [-0.4, -0.2) is 12.5 Å². The van der Waals surface area contributed by atoms with E-state index in [1.807, 2.05) is 30.3 Å². The number of carbonyl (C=O) groups is 1. The number of hydrogen-bond donors (Lipinski definition) is 2. The molecule has 6 heteroatoms. The molecule has 3 aromatic rings. The monoisotopic (exact) mass is 368 g/mol. The Labute approximate surface area is 155 Å². The summed E-state index contributed by atoms with van der Waals surface area (Å²) in [6.45, 7) is 0.110. The molecule has 0 aliphatic heterocycles. The largest absolute Gasteiger partial charge is 0.457 e. The van der Waals surface area contributed by atoms with E-state index in [0.29, 0.717) is 11.4 Å². The lowest BCUT2D eigenvalue weighted by molar-refractivity contribution is -0.115. The van der Waals surface area contributed by atoms with Crippen LogP contribution in [0.4, 0.5) is 20.2 Å². The van der Waals surface area contributed by atoms with Gasteiger partial charge in [0.25, 0.3) is 0 Å². The molecule has 1 amide bonds. The van der Waals surface area contributed by atoms with E-state index in [1.54, 1.807) is 24.3 Å². The molecule has 138 valence electrons. The van der Waals surface area contributed by atoms with E-state index in [1.165, 1.54) is 6.07 Å². The van der Waals surface area contributed by atoms with Gasteiger partial charge in [-0.1, -0.05) is 24.3 Å². The number of benzene rings is 3. The van der Waals surface area contributed by atoms with Crippen molar-refractivity contribution in [1.29, 1.82) is 0 Å². The van der Waals surface area contributed by atoms with E-state index >= 15 is 0 Å². The van der Waals surface area contributed by atoms with Gasteiger partial charge in [-0.2, -0.15) is 0 Å². The number of rotatable bonds is 7. The van der Waals surface area contributed by atoms with E-state index in [0.717, 1.165) is 17.9 Å². The second-order valence-electron chi connectivity index (χ2n) is 5.76. The molecule has 3 rings (SSSR count). The van der Waals surface area contributed by atoms with Gasteiger partial charge >= 0.3 is 0 Å². The molecule has 27 heavy (non-hydrogen) atoms. The van der Waals surface area contributed by atoms with Gasteiger partial charge in [0.05, 0.1) is 0 Å². The lowest BCUT2D eigenvalue weighted by Gasteiger charge is -2.10. The van der Waals surface area contributed by atoms with Crippen molar-refractivity contribution in [2.45, 2.75) is 6.42 Å². The van der Waals surface area contributed by atoms with Gasteiger partial charge in [0.2, 0.25) is 5.91 Å². The van der Waals surface area contributed by atoms with Crippen molar-refractivity contribution in [3.8, 4) is 11.5 Å². The maximum absolute atomic E-state index is 13.5. The Kier molecular flexibility index (Phi) is 5.99. The second-order valence-corrected chi connectivity index (χ2v) is 5.76. The summed E-state index contributed by atoms with van der Waals surface area (Å²) >= 11 is 0. The molecule has 0 aliphatic carbocycles.